The molecule has 0 bridgehead atoms. The van der Waals surface area contributed by atoms with Crippen molar-refractivity contribution in [2.24, 2.45) is 0 Å². The molecule has 0 radical (unpaired) electrons. The smallest absolute Gasteiger partial charge is 0.326 e. The first-order chi connectivity index (χ1) is 18.7. The van der Waals surface area contributed by atoms with E-state index >= 15 is 0 Å². The zero-order chi connectivity index (χ0) is 28.3. The Morgan fingerprint density at radius 2 is 1.74 bits per heavy atom. The van der Waals surface area contributed by atoms with Crippen molar-refractivity contribution < 1.29 is 19.4 Å². The van der Waals surface area contributed by atoms with E-state index in [0.717, 1.165) is 45.7 Å². The molecule has 1 aromatic heterocycles. The number of aliphatic carboxylic acids is 1. The molecule has 0 aliphatic carbocycles. The fourth-order valence-electron chi connectivity index (χ4n) is 4.65. The molecule has 0 saturated carbocycles. The summed E-state index contributed by atoms with van der Waals surface area (Å²) in [4.78, 5) is 41.2. The molecule has 9 nitrogen and oxygen atoms in total. The normalized spacial score (nSPS) is 12.9. The summed E-state index contributed by atoms with van der Waals surface area (Å²) in [7, 11) is 1.64. The number of carboxylic acids is 1. The maximum absolute atomic E-state index is 12.3. The number of rotatable bonds is 12. The van der Waals surface area contributed by atoms with Crippen molar-refractivity contribution >= 4 is 33.9 Å². The lowest BCUT2D eigenvalue weighted by Gasteiger charge is -2.27. The van der Waals surface area contributed by atoms with Crippen LogP contribution >= 0.6 is 0 Å². The highest BCUT2D eigenvalue weighted by Crippen LogP contribution is 2.32. The van der Waals surface area contributed by atoms with Gasteiger partial charge in [0.25, 0.3) is 10.9 Å². The Balaban J connectivity index is 1.60. The van der Waals surface area contributed by atoms with E-state index in [4.69, 9.17) is 14.5 Å². The van der Waals surface area contributed by atoms with Gasteiger partial charge in [-0.1, -0.05) is 26.0 Å². The number of methoxy groups -OCH3 is 1. The topological polar surface area (TPSA) is 127 Å². The van der Waals surface area contributed by atoms with Crippen LogP contribution in [0.1, 0.15) is 51.3 Å². The minimum Gasteiger partial charge on any atom is -0.497 e. The van der Waals surface area contributed by atoms with Gasteiger partial charge in [0.2, 0.25) is 0 Å². The molecule has 3 N–H and O–H groups in total. The largest absolute Gasteiger partial charge is 0.497 e. The molecule has 39 heavy (non-hydrogen) atoms. The van der Waals surface area contributed by atoms with Crippen LogP contribution in [0.2, 0.25) is 0 Å². The van der Waals surface area contributed by atoms with Gasteiger partial charge < -0.3 is 25.2 Å². The molecule has 204 valence electrons. The second kappa shape index (κ2) is 11.6. The number of anilines is 3. The third-order valence-corrected chi connectivity index (χ3v) is 6.68. The summed E-state index contributed by atoms with van der Waals surface area (Å²) in [6.45, 7) is 7.38. The van der Waals surface area contributed by atoms with Gasteiger partial charge in [0.05, 0.1) is 13.2 Å². The molecule has 2 unspecified atom stereocenters. The van der Waals surface area contributed by atoms with E-state index in [-0.39, 0.29) is 17.5 Å². The first-order valence-electron chi connectivity index (χ1n) is 13.0. The molecule has 0 aliphatic heterocycles. The second-order valence-corrected chi connectivity index (χ2v) is 9.65. The highest BCUT2D eigenvalue weighted by atomic mass is 16.5. The summed E-state index contributed by atoms with van der Waals surface area (Å²) < 4.78 is 10.8. The number of ether oxygens (including phenoxy) is 2. The highest BCUT2D eigenvalue weighted by molar-refractivity contribution is 5.94. The van der Waals surface area contributed by atoms with Crippen molar-refractivity contribution in [1.29, 1.82) is 0 Å². The van der Waals surface area contributed by atoms with Gasteiger partial charge in [-0.05, 0) is 74.0 Å². The zero-order valence-electron chi connectivity index (χ0n) is 22.7. The molecule has 0 saturated heterocycles. The number of nitrogens with zero attached hydrogens (tertiary/aromatic N) is 1. The Morgan fingerprint density at radius 1 is 1.03 bits per heavy atom. The number of carboxylic acid groups (broad SMARTS) is 1. The molecule has 0 amide bonds. The van der Waals surface area contributed by atoms with Gasteiger partial charge in [-0.2, -0.15) is 0 Å². The average molecular weight is 532 g/mol. The number of aryl methyl sites for hydroxylation is 1. The molecule has 4 rings (SSSR count). The quantitative estimate of drug-likeness (QED) is 0.217. The van der Waals surface area contributed by atoms with Gasteiger partial charge in [0.15, 0.2) is 5.75 Å². The van der Waals surface area contributed by atoms with Crippen LogP contribution in [-0.2, 0) is 11.2 Å². The molecule has 2 atom stereocenters. The van der Waals surface area contributed by atoms with Crippen molar-refractivity contribution in [3.05, 3.63) is 80.2 Å². The molecular weight excluding hydrogens is 498 g/mol. The zero-order valence-corrected chi connectivity index (χ0v) is 22.7. The number of hydrogen-bond donors (Lipinski definition) is 3. The number of pyridine rings is 1. The third-order valence-electron chi connectivity index (χ3n) is 6.68. The molecule has 0 fully saturated rings. The average Bonchev–Trinajstić information content (AvgIpc) is 2.93. The summed E-state index contributed by atoms with van der Waals surface area (Å²) in [5, 5.41) is 18.1. The monoisotopic (exact) mass is 531 g/mol. The molecular formula is C30H33N3O6. The lowest BCUT2D eigenvalue weighted by Crippen LogP contribution is -2.43. The number of aromatic nitrogens is 1. The van der Waals surface area contributed by atoms with E-state index in [2.05, 4.69) is 10.6 Å². The fourth-order valence-corrected chi connectivity index (χ4v) is 4.65. The van der Waals surface area contributed by atoms with Gasteiger partial charge in [0, 0.05) is 22.7 Å². The van der Waals surface area contributed by atoms with Crippen molar-refractivity contribution in [2.45, 2.75) is 58.6 Å². The Bertz CT molecular complexity index is 1550. The lowest BCUT2D eigenvalue weighted by molar-refractivity contribution is -0.138. The Kier molecular flexibility index (Phi) is 8.18. The van der Waals surface area contributed by atoms with Crippen molar-refractivity contribution in [3.8, 4) is 11.5 Å². The van der Waals surface area contributed by atoms with E-state index < -0.39 is 28.8 Å². The second-order valence-electron chi connectivity index (χ2n) is 9.65. The van der Waals surface area contributed by atoms with Crippen LogP contribution < -0.4 is 31.0 Å². The summed E-state index contributed by atoms with van der Waals surface area (Å²) >= 11 is 0. The minimum atomic E-state index is -1.13. The Labute approximate surface area is 226 Å². The summed E-state index contributed by atoms with van der Waals surface area (Å²) in [5.41, 5.74) is 0.918. The van der Waals surface area contributed by atoms with Crippen LogP contribution in [0.25, 0.3) is 10.8 Å². The van der Waals surface area contributed by atoms with Crippen LogP contribution in [0.5, 0.6) is 11.5 Å². The number of hydrogen-bond acceptors (Lipinski definition) is 8. The predicted molar refractivity (Wildman–Crippen MR) is 153 cm³/mol. The van der Waals surface area contributed by atoms with Gasteiger partial charge in [-0.25, -0.2) is 9.78 Å². The molecule has 9 heteroatoms. The van der Waals surface area contributed by atoms with Crippen molar-refractivity contribution in [1.82, 2.24) is 4.98 Å². The lowest BCUT2D eigenvalue weighted by atomic mass is 9.88. The molecule has 0 spiro atoms. The minimum absolute atomic E-state index is 0.0803. The van der Waals surface area contributed by atoms with E-state index in [1.54, 1.807) is 21.0 Å². The van der Waals surface area contributed by atoms with Gasteiger partial charge in [0.1, 0.15) is 23.3 Å². The number of benzene rings is 2. The summed E-state index contributed by atoms with van der Waals surface area (Å²) in [5.74, 6) is -0.223. The molecule has 0 aliphatic rings. The highest BCUT2D eigenvalue weighted by Gasteiger charge is 2.33. The summed E-state index contributed by atoms with van der Waals surface area (Å²) in [6, 6.07) is 14.2. The molecule has 3 aromatic carbocycles. The molecule has 1 heterocycles. The van der Waals surface area contributed by atoms with E-state index in [9.17, 15) is 19.5 Å². The van der Waals surface area contributed by atoms with Crippen LogP contribution in [0.15, 0.2) is 58.1 Å². The van der Waals surface area contributed by atoms with Gasteiger partial charge in [-0.15, -0.1) is 0 Å². The third kappa shape index (κ3) is 5.72. The first-order valence-corrected chi connectivity index (χ1v) is 13.0. The van der Waals surface area contributed by atoms with Crippen molar-refractivity contribution in [2.75, 3.05) is 17.7 Å². The number of fused-ring (bicyclic) bond motifs is 1. The van der Waals surface area contributed by atoms with Crippen LogP contribution in [-0.4, -0.2) is 35.3 Å². The van der Waals surface area contributed by atoms with Crippen LogP contribution in [0.3, 0.4) is 0 Å². The predicted octanol–water partition coefficient (Wildman–Crippen LogP) is 4.99. The van der Waals surface area contributed by atoms with Crippen LogP contribution in [0, 0.1) is 0 Å². The van der Waals surface area contributed by atoms with E-state index in [0.29, 0.717) is 6.42 Å². The fraction of sp³-hybridized carbons (Fsp3) is 0.333. The van der Waals surface area contributed by atoms with Crippen molar-refractivity contribution in [3.63, 3.8) is 0 Å². The Hall–Kier alpha value is -4.40. The van der Waals surface area contributed by atoms with Crippen LogP contribution in [0.4, 0.5) is 17.2 Å². The Morgan fingerprint density at radius 3 is 2.33 bits per heavy atom. The SMILES string of the molecule is CCc1cc2cc(OC)ccc2c(Nc2ccc(C(CC)C(Nc3c(OC(C)C)c(=O)c3=O)C(=O)O)cc2)n1. The maximum Gasteiger partial charge on any atom is 0.326 e. The number of nitrogens with one attached hydrogen (secondary N) is 2. The maximum atomic E-state index is 12.3. The van der Waals surface area contributed by atoms with E-state index in [1.807, 2.05) is 62.4 Å². The van der Waals surface area contributed by atoms with Gasteiger partial charge >= 0.3 is 5.97 Å². The first kappa shape index (κ1) is 27.6. The summed E-state index contributed by atoms with van der Waals surface area (Å²) in [6.07, 6.45) is 0.932. The molecule has 4 aromatic rings. The van der Waals surface area contributed by atoms with Gasteiger partial charge in [-0.3, -0.25) is 9.59 Å². The number of carbonyl (C=O) groups is 1. The van der Waals surface area contributed by atoms with E-state index in [1.165, 1.54) is 0 Å². The standard InChI is InChI=1S/C30H33N3O6/c1-6-19-14-18-15-21(38-5)12-13-23(18)29(31-19)32-20-10-8-17(9-11-20)22(7-2)24(30(36)37)33-25-26(34)27(35)28(25)39-16(3)4/h8-16,22,24,33H,6-7H2,1-5H3,(H,31,32)(H,36,37).